The number of carbonyl (C=O) groups excluding carboxylic acids is 1. The highest BCUT2D eigenvalue weighted by Crippen LogP contribution is 2.26. The van der Waals surface area contributed by atoms with Crippen molar-refractivity contribution in [2.75, 3.05) is 32.1 Å². The summed E-state index contributed by atoms with van der Waals surface area (Å²) in [6.45, 7) is 1.37. The van der Waals surface area contributed by atoms with Crippen LogP contribution in [0.2, 0.25) is 0 Å². The minimum atomic E-state index is 0.0155. The molecule has 1 atom stereocenters. The normalized spacial score (nSPS) is 16.7. The number of pyridine rings is 2. The van der Waals surface area contributed by atoms with E-state index in [1.54, 1.807) is 12.4 Å². The summed E-state index contributed by atoms with van der Waals surface area (Å²) in [5.74, 6) is 1.73. The Morgan fingerprint density at radius 2 is 2.08 bits per heavy atom. The summed E-state index contributed by atoms with van der Waals surface area (Å²) in [6, 6.07) is 9.58. The number of carbonyl (C=O) groups is 1. The molecule has 0 unspecified atom stereocenters. The Morgan fingerprint density at radius 3 is 2.84 bits per heavy atom. The number of aryl methyl sites for hydroxylation is 1. The van der Waals surface area contributed by atoms with Gasteiger partial charge >= 0.3 is 0 Å². The lowest BCUT2D eigenvalue weighted by atomic mass is 10.2. The molecule has 0 radical (unpaired) electrons. The van der Waals surface area contributed by atoms with E-state index in [0.717, 1.165) is 30.2 Å². The monoisotopic (exact) mass is 340 g/mol. The lowest BCUT2D eigenvalue weighted by molar-refractivity contribution is -0.130. The van der Waals surface area contributed by atoms with Gasteiger partial charge in [-0.2, -0.15) is 0 Å². The second-order valence-electron chi connectivity index (χ2n) is 6.41. The maximum atomic E-state index is 12.4. The molecule has 2 aromatic heterocycles. The van der Waals surface area contributed by atoms with E-state index in [2.05, 4.69) is 9.97 Å². The average Bonchev–Trinajstić information content (AvgIpc) is 3.09. The number of anilines is 1. The fourth-order valence-corrected chi connectivity index (χ4v) is 2.98. The number of ether oxygens (including phenoxy) is 1. The Morgan fingerprint density at radius 1 is 1.24 bits per heavy atom. The predicted octanol–water partition coefficient (Wildman–Crippen LogP) is 2.16. The van der Waals surface area contributed by atoms with Gasteiger partial charge in [0.15, 0.2) is 11.6 Å². The van der Waals surface area contributed by atoms with E-state index in [-0.39, 0.29) is 12.0 Å². The molecule has 1 aliphatic heterocycles. The van der Waals surface area contributed by atoms with Crippen LogP contribution >= 0.6 is 0 Å². The van der Waals surface area contributed by atoms with Crippen molar-refractivity contribution in [3.8, 4) is 5.75 Å². The van der Waals surface area contributed by atoms with Crippen LogP contribution in [0.4, 0.5) is 5.82 Å². The third kappa shape index (κ3) is 4.47. The first kappa shape index (κ1) is 17.2. The van der Waals surface area contributed by atoms with E-state index in [1.807, 2.05) is 54.2 Å². The van der Waals surface area contributed by atoms with Crippen molar-refractivity contribution in [1.29, 1.82) is 0 Å². The summed E-state index contributed by atoms with van der Waals surface area (Å²) in [6.07, 6.45) is 5.54. The minimum Gasteiger partial charge on any atom is -0.485 e. The van der Waals surface area contributed by atoms with Gasteiger partial charge in [0.2, 0.25) is 5.91 Å². The molecule has 1 amide bonds. The molecule has 0 spiro atoms. The Labute approximate surface area is 148 Å². The highest BCUT2D eigenvalue weighted by molar-refractivity contribution is 5.76. The second-order valence-corrected chi connectivity index (χ2v) is 6.41. The molecular weight excluding hydrogens is 316 g/mol. The van der Waals surface area contributed by atoms with E-state index in [1.165, 1.54) is 0 Å². The molecule has 0 bridgehead atoms. The van der Waals surface area contributed by atoms with Crippen molar-refractivity contribution in [3.63, 3.8) is 0 Å². The third-order valence-electron chi connectivity index (χ3n) is 4.29. The maximum Gasteiger partial charge on any atom is 0.223 e. The Hall–Kier alpha value is -2.63. The molecule has 25 heavy (non-hydrogen) atoms. The van der Waals surface area contributed by atoms with Gasteiger partial charge in [0.25, 0.3) is 0 Å². The molecule has 2 aromatic rings. The van der Waals surface area contributed by atoms with Crippen LogP contribution in [0, 0.1) is 0 Å². The van der Waals surface area contributed by atoms with Crippen LogP contribution in [0.1, 0.15) is 18.5 Å². The van der Waals surface area contributed by atoms with Gasteiger partial charge < -0.3 is 14.5 Å². The number of aromatic nitrogens is 2. The number of rotatable bonds is 6. The number of hydrogen-bond acceptors (Lipinski definition) is 5. The van der Waals surface area contributed by atoms with Crippen molar-refractivity contribution in [3.05, 3.63) is 48.4 Å². The van der Waals surface area contributed by atoms with E-state index in [9.17, 15) is 4.79 Å². The van der Waals surface area contributed by atoms with Gasteiger partial charge in [0, 0.05) is 51.6 Å². The number of amides is 1. The molecule has 6 nitrogen and oxygen atoms in total. The van der Waals surface area contributed by atoms with Gasteiger partial charge in [0.05, 0.1) is 6.54 Å². The number of likely N-dealkylation sites (tertiary alicyclic amines) is 1. The summed E-state index contributed by atoms with van der Waals surface area (Å²) in [5, 5.41) is 0. The highest BCUT2D eigenvalue weighted by atomic mass is 16.5. The van der Waals surface area contributed by atoms with Crippen molar-refractivity contribution < 1.29 is 9.53 Å². The summed E-state index contributed by atoms with van der Waals surface area (Å²) in [4.78, 5) is 24.9. The molecule has 1 fully saturated rings. The van der Waals surface area contributed by atoms with Crippen LogP contribution in [0.5, 0.6) is 5.75 Å². The van der Waals surface area contributed by atoms with Crippen LogP contribution in [-0.4, -0.2) is 54.1 Å². The standard InChI is InChI=1S/C19H24N4O2/c1-22(2)19-17(7-5-12-21-19)25-16-10-13-23(14-16)18(24)9-8-15-6-3-4-11-20-15/h3-7,11-12,16H,8-10,13-14H2,1-2H3/t16-/m0/s1. The molecule has 3 heterocycles. The van der Waals surface area contributed by atoms with Crippen LogP contribution < -0.4 is 9.64 Å². The van der Waals surface area contributed by atoms with E-state index in [0.29, 0.717) is 19.4 Å². The molecule has 0 N–H and O–H groups in total. The van der Waals surface area contributed by atoms with E-state index >= 15 is 0 Å². The Balaban J connectivity index is 1.52. The smallest absolute Gasteiger partial charge is 0.223 e. The largest absolute Gasteiger partial charge is 0.485 e. The molecule has 1 saturated heterocycles. The fourth-order valence-electron chi connectivity index (χ4n) is 2.98. The number of nitrogens with zero attached hydrogens (tertiary/aromatic N) is 4. The quantitative estimate of drug-likeness (QED) is 0.806. The first-order valence-electron chi connectivity index (χ1n) is 8.60. The first-order chi connectivity index (χ1) is 12.1. The topological polar surface area (TPSA) is 58.6 Å². The molecule has 0 saturated carbocycles. The zero-order chi connectivity index (χ0) is 17.6. The fraction of sp³-hybridized carbons (Fsp3) is 0.421. The Bertz CT molecular complexity index is 706. The molecule has 132 valence electrons. The Kier molecular flexibility index (Phi) is 5.48. The summed E-state index contributed by atoms with van der Waals surface area (Å²) in [7, 11) is 3.88. The van der Waals surface area contributed by atoms with Gasteiger partial charge in [-0.25, -0.2) is 4.98 Å². The van der Waals surface area contributed by atoms with Gasteiger partial charge in [0.1, 0.15) is 6.10 Å². The lowest BCUT2D eigenvalue weighted by Gasteiger charge is -2.20. The summed E-state index contributed by atoms with van der Waals surface area (Å²) in [5.41, 5.74) is 0.953. The van der Waals surface area contributed by atoms with Crippen molar-refractivity contribution in [2.45, 2.75) is 25.4 Å². The molecule has 6 heteroatoms. The minimum absolute atomic E-state index is 0.0155. The zero-order valence-electron chi connectivity index (χ0n) is 14.8. The van der Waals surface area contributed by atoms with Gasteiger partial charge in [-0.3, -0.25) is 9.78 Å². The lowest BCUT2D eigenvalue weighted by Crippen LogP contribution is -2.31. The van der Waals surface area contributed by atoms with Crippen LogP contribution in [-0.2, 0) is 11.2 Å². The molecule has 3 rings (SSSR count). The molecular formula is C19H24N4O2. The van der Waals surface area contributed by atoms with Crippen LogP contribution in [0.3, 0.4) is 0 Å². The predicted molar refractivity (Wildman–Crippen MR) is 96.7 cm³/mol. The van der Waals surface area contributed by atoms with Gasteiger partial charge in [-0.1, -0.05) is 6.07 Å². The van der Waals surface area contributed by atoms with E-state index < -0.39 is 0 Å². The van der Waals surface area contributed by atoms with Crippen molar-refractivity contribution in [2.24, 2.45) is 0 Å². The summed E-state index contributed by atoms with van der Waals surface area (Å²) >= 11 is 0. The maximum absolute atomic E-state index is 12.4. The molecule has 0 aliphatic carbocycles. The SMILES string of the molecule is CN(C)c1ncccc1O[C@H]1CCN(C(=O)CCc2ccccn2)C1. The van der Waals surface area contributed by atoms with Gasteiger partial charge in [-0.05, 0) is 30.7 Å². The molecule has 1 aliphatic rings. The third-order valence-corrected chi connectivity index (χ3v) is 4.29. The van der Waals surface area contributed by atoms with Crippen molar-refractivity contribution in [1.82, 2.24) is 14.9 Å². The van der Waals surface area contributed by atoms with Crippen molar-refractivity contribution >= 4 is 11.7 Å². The zero-order valence-corrected chi connectivity index (χ0v) is 14.8. The van der Waals surface area contributed by atoms with E-state index in [4.69, 9.17) is 4.74 Å². The second kappa shape index (κ2) is 7.96. The van der Waals surface area contributed by atoms with Gasteiger partial charge in [-0.15, -0.1) is 0 Å². The summed E-state index contributed by atoms with van der Waals surface area (Å²) < 4.78 is 6.10. The van der Waals surface area contributed by atoms with Crippen LogP contribution in [0.15, 0.2) is 42.7 Å². The van der Waals surface area contributed by atoms with Crippen LogP contribution in [0.25, 0.3) is 0 Å². The average molecular weight is 340 g/mol. The molecule has 0 aromatic carbocycles. The first-order valence-corrected chi connectivity index (χ1v) is 8.60. The highest BCUT2D eigenvalue weighted by Gasteiger charge is 2.28. The number of hydrogen-bond donors (Lipinski definition) is 0.